The second kappa shape index (κ2) is 3.33. The quantitative estimate of drug-likeness (QED) is 0.401. The number of carboxylic acid groups (broad SMARTS) is 1. The molecule has 0 fully saturated rings. The van der Waals surface area contributed by atoms with Crippen LogP contribution in [0.25, 0.3) is 0 Å². The molecular formula is C8H7N2O4-. The Kier molecular flexibility index (Phi) is 2.37. The van der Waals surface area contributed by atoms with Gasteiger partial charge in [-0.1, -0.05) is 0 Å². The molecule has 6 nitrogen and oxygen atoms in total. The van der Waals surface area contributed by atoms with Crippen LogP contribution in [-0.2, 0) is 0 Å². The first-order chi connectivity index (χ1) is 6.43. The van der Waals surface area contributed by atoms with E-state index in [0.717, 1.165) is 6.07 Å². The summed E-state index contributed by atoms with van der Waals surface area (Å²) in [5, 5.41) is 20.9. The molecule has 0 heterocycles. The molecule has 14 heavy (non-hydrogen) atoms. The van der Waals surface area contributed by atoms with E-state index in [1.54, 1.807) is 0 Å². The lowest BCUT2D eigenvalue weighted by Crippen LogP contribution is -2.24. The Bertz CT molecular complexity index is 414. The van der Waals surface area contributed by atoms with E-state index in [1.807, 2.05) is 0 Å². The van der Waals surface area contributed by atoms with Crippen molar-refractivity contribution in [2.45, 2.75) is 6.92 Å². The molecule has 0 atom stereocenters. The summed E-state index contributed by atoms with van der Waals surface area (Å²) in [6, 6.07) is 2.10. The van der Waals surface area contributed by atoms with E-state index >= 15 is 0 Å². The highest BCUT2D eigenvalue weighted by Gasteiger charge is 2.12. The summed E-state index contributed by atoms with van der Waals surface area (Å²) >= 11 is 0. The number of aryl methyl sites for hydroxylation is 1. The standard InChI is InChI=1S/C8H8N2O4/c1-4-2-5(10(13)14)3-6(7(4)9)8(11)12/h2-3H,9H2,1H3,(H,11,12)/p-1. The zero-order chi connectivity index (χ0) is 10.9. The van der Waals surface area contributed by atoms with Crippen molar-refractivity contribution in [3.05, 3.63) is 33.4 Å². The van der Waals surface area contributed by atoms with Gasteiger partial charge >= 0.3 is 0 Å². The van der Waals surface area contributed by atoms with Crippen LogP contribution >= 0.6 is 0 Å². The minimum atomic E-state index is -1.52. The van der Waals surface area contributed by atoms with Gasteiger partial charge in [0.1, 0.15) is 0 Å². The molecule has 0 bridgehead atoms. The van der Waals surface area contributed by atoms with Crippen LogP contribution in [0.3, 0.4) is 0 Å². The maximum absolute atomic E-state index is 10.5. The van der Waals surface area contributed by atoms with E-state index in [1.165, 1.54) is 13.0 Å². The van der Waals surface area contributed by atoms with Gasteiger partial charge in [-0.3, -0.25) is 10.1 Å². The van der Waals surface area contributed by atoms with Gasteiger partial charge in [0.2, 0.25) is 0 Å². The first-order valence-electron chi connectivity index (χ1n) is 3.69. The molecule has 0 aliphatic rings. The van der Waals surface area contributed by atoms with Crippen LogP contribution < -0.4 is 10.8 Å². The lowest BCUT2D eigenvalue weighted by atomic mass is 10.1. The predicted octanol–water partition coefficient (Wildman–Crippen LogP) is -0.151. The molecule has 0 amide bonds. The van der Waals surface area contributed by atoms with Gasteiger partial charge in [0.25, 0.3) is 5.69 Å². The third-order valence-corrected chi connectivity index (χ3v) is 1.80. The smallest absolute Gasteiger partial charge is 0.270 e. The number of carbonyl (C=O) groups is 1. The van der Waals surface area contributed by atoms with E-state index in [2.05, 4.69) is 0 Å². The van der Waals surface area contributed by atoms with Crippen molar-refractivity contribution in [2.24, 2.45) is 0 Å². The zero-order valence-corrected chi connectivity index (χ0v) is 7.31. The van der Waals surface area contributed by atoms with Crippen molar-refractivity contribution in [1.82, 2.24) is 0 Å². The SMILES string of the molecule is Cc1cc([N+](=O)[O-])cc(C(=O)[O-])c1N. The van der Waals surface area contributed by atoms with Gasteiger partial charge in [-0.05, 0) is 12.5 Å². The number of hydrogen-bond acceptors (Lipinski definition) is 5. The summed E-state index contributed by atoms with van der Waals surface area (Å²) in [5.41, 5.74) is 5.09. The number of nitrogens with zero attached hydrogens (tertiary/aromatic N) is 1. The lowest BCUT2D eigenvalue weighted by Gasteiger charge is -2.08. The highest BCUT2D eigenvalue weighted by atomic mass is 16.6. The maximum Gasteiger partial charge on any atom is 0.270 e. The number of nitro benzene ring substituents is 1. The monoisotopic (exact) mass is 195 g/mol. The van der Waals surface area contributed by atoms with Gasteiger partial charge in [0.05, 0.1) is 10.9 Å². The predicted molar refractivity (Wildman–Crippen MR) is 46.6 cm³/mol. The number of rotatable bonds is 2. The van der Waals surface area contributed by atoms with Gasteiger partial charge in [-0.2, -0.15) is 0 Å². The summed E-state index contributed by atoms with van der Waals surface area (Å²) in [6.45, 7) is 1.49. The van der Waals surface area contributed by atoms with Crippen molar-refractivity contribution in [2.75, 3.05) is 5.73 Å². The van der Waals surface area contributed by atoms with E-state index in [4.69, 9.17) is 5.73 Å². The van der Waals surface area contributed by atoms with Crippen LogP contribution in [0.15, 0.2) is 12.1 Å². The van der Waals surface area contributed by atoms with E-state index in [0.29, 0.717) is 5.56 Å². The van der Waals surface area contributed by atoms with E-state index in [-0.39, 0.29) is 16.9 Å². The molecule has 1 rings (SSSR count). The van der Waals surface area contributed by atoms with Gasteiger partial charge in [0, 0.05) is 23.4 Å². The summed E-state index contributed by atoms with van der Waals surface area (Å²) in [5.74, 6) is -1.52. The van der Waals surface area contributed by atoms with Crippen LogP contribution in [-0.4, -0.2) is 10.9 Å². The maximum atomic E-state index is 10.5. The van der Waals surface area contributed by atoms with Crippen molar-refractivity contribution < 1.29 is 14.8 Å². The number of hydrogen-bond donors (Lipinski definition) is 1. The van der Waals surface area contributed by atoms with Gasteiger partial charge < -0.3 is 15.6 Å². The van der Waals surface area contributed by atoms with Gasteiger partial charge in [-0.25, -0.2) is 0 Å². The third kappa shape index (κ3) is 1.63. The Hall–Kier alpha value is -2.11. The molecule has 0 saturated heterocycles. The Labute approximate surface area is 79.1 Å². The average molecular weight is 195 g/mol. The Morgan fingerprint density at radius 2 is 2.07 bits per heavy atom. The topological polar surface area (TPSA) is 109 Å². The third-order valence-electron chi connectivity index (χ3n) is 1.80. The molecule has 0 aliphatic heterocycles. The van der Waals surface area contributed by atoms with Crippen LogP contribution in [0.2, 0.25) is 0 Å². The minimum Gasteiger partial charge on any atom is -0.545 e. The lowest BCUT2D eigenvalue weighted by molar-refractivity contribution is -0.385. The summed E-state index contributed by atoms with van der Waals surface area (Å²) < 4.78 is 0. The number of aromatic carboxylic acids is 1. The molecule has 0 unspecified atom stereocenters. The summed E-state index contributed by atoms with van der Waals surface area (Å²) in [6.07, 6.45) is 0. The molecule has 2 N–H and O–H groups in total. The second-order valence-electron chi connectivity index (χ2n) is 2.77. The number of anilines is 1. The molecule has 0 aromatic heterocycles. The van der Waals surface area contributed by atoms with Crippen LogP contribution in [0.5, 0.6) is 0 Å². The Morgan fingerprint density at radius 3 is 2.50 bits per heavy atom. The van der Waals surface area contributed by atoms with Crippen molar-refractivity contribution >= 4 is 17.3 Å². The second-order valence-corrected chi connectivity index (χ2v) is 2.77. The molecule has 0 saturated carbocycles. The Balaban J connectivity index is 3.43. The van der Waals surface area contributed by atoms with Gasteiger partial charge in [-0.15, -0.1) is 0 Å². The van der Waals surface area contributed by atoms with Crippen LogP contribution in [0.4, 0.5) is 11.4 Å². The molecule has 0 aliphatic carbocycles. The highest BCUT2D eigenvalue weighted by molar-refractivity contribution is 5.93. The average Bonchev–Trinajstić information content (AvgIpc) is 2.08. The fourth-order valence-electron chi connectivity index (χ4n) is 1.05. The largest absolute Gasteiger partial charge is 0.545 e. The number of carboxylic acids is 1. The number of nitrogen functional groups attached to an aromatic ring is 1. The van der Waals surface area contributed by atoms with E-state index < -0.39 is 10.9 Å². The molecular weight excluding hydrogens is 188 g/mol. The summed E-state index contributed by atoms with van der Waals surface area (Å²) in [7, 11) is 0. The number of nitro groups is 1. The molecule has 6 heteroatoms. The fourth-order valence-corrected chi connectivity index (χ4v) is 1.05. The van der Waals surface area contributed by atoms with Gasteiger partial charge in [0.15, 0.2) is 0 Å². The molecule has 0 radical (unpaired) electrons. The molecule has 0 spiro atoms. The number of nitrogens with two attached hydrogens (primary N) is 1. The summed E-state index contributed by atoms with van der Waals surface area (Å²) in [4.78, 5) is 20.2. The van der Waals surface area contributed by atoms with Crippen LogP contribution in [0, 0.1) is 17.0 Å². The molecule has 1 aromatic carbocycles. The number of non-ortho nitro benzene ring substituents is 1. The first kappa shape index (κ1) is 9.97. The molecule has 1 aromatic rings. The van der Waals surface area contributed by atoms with Crippen molar-refractivity contribution in [3.8, 4) is 0 Å². The zero-order valence-electron chi connectivity index (χ0n) is 7.31. The Morgan fingerprint density at radius 1 is 1.50 bits per heavy atom. The van der Waals surface area contributed by atoms with E-state index in [9.17, 15) is 20.0 Å². The number of carbonyl (C=O) groups excluding carboxylic acids is 1. The van der Waals surface area contributed by atoms with Crippen molar-refractivity contribution in [1.29, 1.82) is 0 Å². The minimum absolute atomic E-state index is 0.00407. The fraction of sp³-hybridized carbons (Fsp3) is 0.125. The highest BCUT2D eigenvalue weighted by Crippen LogP contribution is 2.23. The number of benzene rings is 1. The first-order valence-corrected chi connectivity index (χ1v) is 3.69. The van der Waals surface area contributed by atoms with Crippen LogP contribution in [0.1, 0.15) is 15.9 Å². The normalized spacial score (nSPS) is 9.79. The molecule has 74 valence electrons. The van der Waals surface area contributed by atoms with Crippen molar-refractivity contribution in [3.63, 3.8) is 0 Å².